The second-order valence-corrected chi connectivity index (χ2v) is 7.68. The van der Waals surface area contributed by atoms with E-state index in [4.69, 9.17) is 14.6 Å². The quantitative estimate of drug-likeness (QED) is 0.482. The number of nitrogens with one attached hydrogen (secondary N) is 2. The lowest BCUT2D eigenvalue weighted by Crippen LogP contribution is -2.42. The van der Waals surface area contributed by atoms with Gasteiger partial charge in [0.2, 0.25) is 10.0 Å². The SMILES string of the molecule is C[C@H](NC(=O)COc1ccccc1)C(=O)OCC(=O)Nc1ccc(S(N)(=O)=O)cc1. The van der Waals surface area contributed by atoms with Gasteiger partial charge in [0.15, 0.2) is 13.2 Å². The van der Waals surface area contributed by atoms with Crippen LogP contribution < -0.4 is 20.5 Å². The van der Waals surface area contributed by atoms with E-state index < -0.39 is 40.5 Å². The predicted molar refractivity (Wildman–Crippen MR) is 107 cm³/mol. The molecule has 0 aromatic heterocycles. The van der Waals surface area contributed by atoms with Gasteiger partial charge in [-0.15, -0.1) is 0 Å². The lowest BCUT2D eigenvalue weighted by molar-refractivity contribution is -0.150. The third kappa shape index (κ3) is 7.53. The maximum Gasteiger partial charge on any atom is 0.328 e. The van der Waals surface area contributed by atoms with Crippen LogP contribution in [-0.4, -0.2) is 45.5 Å². The van der Waals surface area contributed by atoms with Gasteiger partial charge in [0.1, 0.15) is 11.8 Å². The number of primary sulfonamides is 1. The molecule has 0 fully saturated rings. The molecular weight excluding hydrogens is 414 g/mol. The van der Waals surface area contributed by atoms with Gasteiger partial charge in [-0.1, -0.05) is 18.2 Å². The Morgan fingerprint density at radius 2 is 1.60 bits per heavy atom. The fourth-order valence-corrected chi connectivity index (χ4v) is 2.71. The zero-order chi connectivity index (χ0) is 22.1. The number of hydrogen-bond acceptors (Lipinski definition) is 7. The van der Waals surface area contributed by atoms with E-state index in [0.29, 0.717) is 11.4 Å². The molecule has 0 bridgehead atoms. The van der Waals surface area contributed by atoms with Crippen molar-refractivity contribution >= 4 is 33.5 Å². The van der Waals surface area contributed by atoms with Crippen LogP contribution in [0.15, 0.2) is 59.5 Å². The minimum Gasteiger partial charge on any atom is -0.484 e. The van der Waals surface area contributed by atoms with Gasteiger partial charge in [-0.3, -0.25) is 9.59 Å². The third-order valence-corrected chi connectivity index (χ3v) is 4.59. The molecule has 0 unspecified atom stereocenters. The number of ether oxygens (including phenoxy) is 2. The Morgan fingerprint density at radius 1 is 0.967 bits per heavy atom. The molecule has 30 heavy (non-hydrogen) atoms. The zero-order valence-corrected chi connectivity index (χ0v) is 16.8. The highest BCUT2D eigenvalue weighted by atomic mass is 32.2. The molecule has 0 saturated heterocycles. The first-order valence-corrected chi connectivity index (χ1v) is 10.3. The number of carbonyl (C=O) groups is 3. The first-order valence-electron chi connectivity index (χ1n) is 8.71. The minimum absolute atomic E-state index is 0.104. The topological polar surface area (TPSA) is 154 Å². The number of esters is 1. The number of para-hydroxylation sites is 1. The van der Waals surface area contributed by atoms with Crippen molar-refractivity contribution in [1.82, 2.24) is 5.32 Å². The van der Waals surface area contributed by atoms with Gasteiger partial charge in [-0.2, -0.15) is 0 Å². The first-order chi connectivity index (χ1) is 14.1. The van der Waals surface area contributed by atoms with Crippen LogP contribution in [0.3, 0.4) is 0 Å². The summed E-state index contributed by atoms with van der Waals surface area (Å²) in [7, 11) is -3.83. The number of anilines is 1. The second kappa shape index (κ2) is 10.4. The summed E-state index contributed by atoms with van der Waals surface area (Å²) in [4.78, 5) is 35.5. The van der Waals surface area contributed by atoms with E-state index in [9.17, 15) is 22.8 Å². The van der Waals surface area contributed by atoms with Gasteiger partial charge in [0.25, 0.3) is 11.8 Å². The molecule has 0 heterocycles. The van der Waals surface area contributed by atoms with Gasteiger partial charge in [0.05, 0.1) is 4.90 Å². The summed E-state index contributed by atoms with van der Waals surface area (Å²) in [5, 5.41) is 9.83. The number of rotatable bonds is 9. The van der Waals surface area contributed by atoms with E-state index in [2.05, 4.69) is 10.6 Å². The molecule has 0 radical (unpaired) electrons. The Kier molecular flexibility index (Phi) is 7.90. The van der Waals surface area contributed by atoms with Crippen LogP contribution in [0.5, 0.6) is 5.75 Å². The zero-order valence-electron chi connectivity index (χ0n) is 16.0. The van der Waals surface area contributed by atoms with Crippen LogP contribution in [0, 0.1) is 0 Å². The molecule has 160 valence electrons. The Morgan fingerprint density at radius 3 is 2.20 bits per heavy atom. The molecule has 0 aliphatic rings. The largest absolute Gasteiger partial charge is 0.484 e. The van der Waals surface area contributed by atoms with Crippen molar-refractivity contribution in [3.63, 3.8) is 0 Å². The summed E-state index contributed by atoms with van der Waals surface area (Å²) < 4.78 is 32.5. The van der Waals surface area contributed by atoms with Crippen LogP contribution in [0.1, 0.15) is 6.92 Å². The van der Waals surface area contributed by atoms with Gasteiger partial charge in [-0.25, -0.2) is 18.4 Å². The Bertz CT molecular complexity index is 993. The molecule has 2 aromatic rings. The van der Waals surface area contributed by atoms with Crippen molar-refractivity contribution < 1.29 is 32.3 Å². The number of hydrogen-bond donors (Lipinski definition) is 3. The summed E-state index contributed by atoms with van der Waals surface area (Å²) in [6.07, 6.45) is 0. The summed E-state index contributed by atoms with van der Waals surface area (Å²) in [5.41, 5.74) is 0.294. The van der Waals surface area contributed by atoms with Crippen LogP contribution in [0.2, 0.25) is 0 Å². The molecule has 2 rings (SSSR count). The molecular formula is C19H21N3O7S. The fraction of sp³-hybridized carbons (Fsp3) is 0.211. The normalized spacial score (nSPS) is 11.8. The summed E-state index contributed by atoms with van der Waals surface area (Å²) in [5.74, 6) is -1.46. The predicted octanol–water partition coefficient (Wildman–Crippen LogP) is 0.399. The van der Waals surface area contributed by atoms with Gasteiger partial charge >= 0.3 is 5.97 Å². The highest BCUT2D eigenvalue weighted by molar-refractivity contribution is 7.89. The van der Waals surface area contributed by atoms with Gasteiger partial charge in [0, 0.05) is 5.69 Å². The van der Waals surface area contributed by atoms with Crippen molar-refractivity contribution in [2.45, 2.75) is 17.9 Å². The van der Waals surface area contributed by atoms with Crippen LogP contribution >= 0.6 is 0 Å². The van der Waals surface area contributed by atoms with E-state index >= 15 is 0 Å². The molecule has 2 aromatic carbocycles. The smallest absolute Gasteiger partial charge is 0.328 e. The molecule has 4 N–H and O–H groups in total. The number of benzene rings is 2. The molecule has 11 heteroatoms. The monoisotopic (exact) mass is 435 g/mol. The van der Waals surface area contributed by atoms with E-state index in [1.807, 2.05) is 0 Å². The summed E-state index contributed by atoms with van der Waals surface area (Å²) in [6.45, 7) is 0.541. The van der Waals surface area contributed by atoms with Crippen molar-refractivity contribution in [1.29, 1.82) is 0 Å². The molecule has 10 nitrogen and oxygen atoms in total. The lowest BCUT2D eigenvalue weighted by Gasteiger charge is -2.14. The summed E-state index contributed by atoms with van der Waals surface area (Å²) in [6, 6.07) is 12.8. The third-order valence-electron chi connectivity index (χ3n) is 3.66. The Hall–Kier alpha value is -3.44. The maximum atomic E-state index is 11.9. The van der Waals surface area contributed by atoms with Crippen molar-refractivity contribution in [3.8, 4) is 5.75 Å². The van der Waals surface area contributed by atoms with Crippen molar-refractivity contribution in [2.75, 3.05) is 18.5 Å². The molecule has 1 atom stereocenters. The average molecular weight is 435 g/mol. The molecule has 0 spiro atoms. The summed E-state index contributed by atoms with van der Waals surface area (Å²) >= 11 is 0. The number of amides is 2. The van der Waals surface area contributed by atoms with E-state index in [-0.39, 0.29) is 11.5 Å². The Balaban J connectivity index is 1.73. The van der Waals surface area contributed by atoms with Crippen LogP contribution in [0.25, 0.3) is 0 Å². The van der Waals surface area contributed by atoms with E-state index in [1.54, 1.807) is 30.3 Å². The number of nitrogens with two attached hydrogens (primary N) is 1. The van der Waals surface area contributed by atoms with E-state index in [0.717, 1.165) is 0 Å². The number of sulfonamides is 1. The highest BCUT2D eigenvalue weighted by Gasteiger charge is 2.18. The van der Waals surface area contributed by atoms with Crippen LogP contribution in [-0.2, 0) is 29.1 Å². The Labute approximate surface area is 173 Å². The van der Waals surface area contributed by atoms with Crippen molar-refractivity contribution in [2.24, 2.45) is 5.14 Å². The minimum atomic E-state index is -3.83. The fourth-order valence-electron chi connectivity index (χ4n) is 2.19. The molecule has 0 aliphatic heterocycles. The average Bonchev–Trinajstić information content (AvgIpc) is 2.71. The van der Waals surface area contributed by atoms with Crippen LogP contribution in [0.4, 0.5) is 5.69 Å². The molecule has 0 aliphatic carbocycles. The van der Waals surface area contributed by atoms with Gasteiger partial charge < -0.3 is 20.1 Å². The first kappa shape index (κ1) is 22.8. The molecule has 2 amide bonds. The van der Waals surface area contributed by atoms with Crippen molar-refractivity contribution in [3.05, 3.63) is 54.6 Å². The second-order valence-electron chi connectivity index (χ2n) is 6.12. The molecule has 0 saturated carbocycles. The number of carbonyl (C=O) groups excluding carboxylic acids is 3. The maximum absolute atomic E-state index is 11.9. The van der Waals surface area contributed by atoms with Gasteiger partial charge in [-0.05, 0) is 43.3 Å². The highest BCUT2D eigenvalue weighted by Crippen LogP contribution is 2.12. The lowest BCUT2D eigenvalue weighted by atomic mass is 10.3. The standard InChI is InChI=1S/C19H21N3O7S/c1-13(21-17(23)11-28-15-5-3-2-4-6-15)19(25)29-12-18(24)22-14-7-9-16(10-8-14)30(20,26)27/h2-10,13H,11-12H2,1H3,(H,21,23)(H,22,24)(H2,20,26,27)/t13-/m0/s1. The van der Waals surface area contributed by atoms with E-state index in [1.165, 1.54) is 31.2 Å².